The lowest BCUT2D eigenvalue weighted by Crippen LogP contribution is -2.36. The Balaban J connectivity index is 2.38. The molecule has 0 aromatic heterocycles. The minimum Gasteiger partial charge on any atom is -0.242 e. The summed E-state index contributed by atoms with van der Waals surface area (Å²) in [5.74, 6) is -0.275. The van der Waals surface area contributed by atoms with Crippen LogP contribution in [0.15, 0.2) is 48.5 Å². The minimum absolute atomic E-state index is 0.235. The lowest BCUT2D eigenvalue weighted by Gasteiger charge is -2.25. The summed E-state index contributed by atoms with van der Waals surface area (Å²) in [6, 6.07) is 14.1. The Hall–Kier alpha value is -1.52. The van der Waals surface area contributed by atoms with E-state index in [4.69, 9.17) is 0 Å². The normalized spacial score (nSPS) is 14.6. The van der Waals surface area contributed by atoms with E-state index in [1.54, 1.807) is 12.1 Å². The van der Waals surface area contributed by atoms with Crippen LogP contribution in [0.25, 0.3) is 0 Å². The maximum Gasteiger partial charge on any atom is 0.123 e. The van der Waals surface area contributed by atoms with Crippen molar-refractivity contribution in [3.63, 3.8) is 0 Å². The second-order valence-electron chi connectivity index (χ2n) is 6.39. The molecule has 0 aliphatic rings. The Labute approximate surface area is 134 Å². The second-order valence-corrected chi connectivity index (χ2v) is 8.39. The largest absolute Gasteiger partial charge is 0.242 e. The van der Waals surface area contributed by atoms with Crippen LogP contribution in [0.4, 0.5) is 4.39 Å². The maximum absolute atomic E-state index is 13.2. The molecule has 0 radical (unpaired) electrons. The Kier molecular flexibility index (Phi) is 5.14. The Morgan fingerprint density at radius 1 is 0.955 bits per heavy atom. The van der Waals surface area contributed by atoms with Gasteiger partial charge in [-0.05, 0) is 51.0 Å². The Morgan fingerprint density at radius 3 is 1.86 bits per heavy atom. The number of hydrogen-bond donors (Lipinski definition) is 1. The van der Waals surface area contributed by atoms with Crippen molar-refractivity contribution in [2.75, 3.05) is 0 Å². The molecular formula is C18H22FNOS. The predicted octanol–water partition coefficient (Wildman–Crippen LogP) is 4.28. The molecule has 0 spiro atoms. The van der Waals surface area contributed by atoms with Crippen molar-refractivity contribution >= 4 is 11.0 Å². The maximum atomic E-state index is 13.2. The third-order valence-corrected chi connectivity index (χ3v) is 4.96. The standard InChI is InChI=1S/C18H22FNOS/c1-13-5-7-14(8-6-13)17(20-22(21)18(2,3)4)15-9-11-16(19)12-10-15/h5-12,17,20H,1-4H3/t17-,22?/m0/s1. The van der Waals surface area contributed by atoms with Crippen molar-refractivity contribution in [2.45, 2.75) is 38.5 Å². The predicted molar refractivity (Wildman–Crippen MR) is 90.5 cm³/mol. The number of rotatable bonds is 4. The number of benzene rings is 2. The van der Waals surface area contributed by atoms with Gasteiger partial charge in [0.1, 0.15) is 5.82 Å². The van der Waals surface area contributed by atoms with Gasteiger partial charge in [0.2, 0.25) is 0 Å². The lowest BCUT2D eigenvalue weighted by molar-refractivity contribution is 0.618. The van der Waals surface area contributed by atoms with Crippen molar-refractivity contribution < 1.29 is 8.60 Å². The van der Waals surface area contributed by atoms with Crippen LogP contribution in [0, 0.1) is 12.7 Å². The number of aryl methyl sites for hydroxylation is 1. The SMILES string of the molecule is Cc1ccc([C@H](NS(=O)C(C)(C)C)c2ccc(F)cc2)cc1. The monoisotopic (exact) mass is 319 g/mol. The fourth-order valence-electron chi connectivity index (χ4n) is 2.03. The molecule has 0 saturated heterocycles. The lowest BCUT2D eigenvalue weighted by atomic mass is 9.99. The summed E-state index contributed by atoms with van der Waals surface area (Å²) in [7, 11) is -1.22. The van der Waals surface area contributed by atoms with Crippen molar-refractivity contribution in [3.8, 4) is 0 Å². The van der Waals surface area contributed by atoms with Crippen molar-refractivity contribution in [3.05, 3.63) is 71.0 Å². The first kappa shape index (κ1) is 16.8. The second kappa shape index (κ2) is 6.71. The quantitative estimate of drug-likeness (QED) is 0.895. The molecule has 118 valence electrons. The minimum atomic E-state index is -1.22. The topological polar surface area (TPSA) is 29.1 Å². The molecule has 2 atom stereocenters. The van der Waals surface area contributed by atoms with Crippen molar-refractivity contribution in [1.82, 2.24) is 4.72 Å². The third kappa shape index (κ3) is 4.24. The average molecular weight is 319 g/mol. The summed E-state index contributed by atoms with van der Waals surface area (Å²) in [6.45, 7) is 7.80. The number of hydrogen-bond acceptors (Lipinski definition) is 1. The van der Waals surface area contributed by atoms with Gasteiger partial charge in [0, 0.05) is 0 Å². The molecule has 2 nitrogen and oxygen atoms in total. The molecule has 2 aromatic carbocycles. The molecule has 2 rings (SSSR count). The Bertz CT molecular complexity index is 599. The van der Waals surface area contributed by atoms with Crippen molar-refractivity contribution in [1.29, 1.82) is 0 Å². The summed E-state index contributed by atoms with van der Waals surface area (Å²) < 4.78 is 28.5. The number of nitrogens with one attached hydrogen (secondary N) is 1. The molecule has 0 fully saturated rings. The molecule has 0 saturated carbocycles. The van der Waals surface area contributed by atoms with E-state index in [1.165, 1.54) is 17.7 Å². The molecule has 4 heteroatoms. The first-order valence-corrected chi connectivity index (χ1v) is 8.42. The number of halogens is 1. The van der Waals surface area contributed by atoms with E-state index in [0.717, 1.165) is 11.1 Å². The molecular weight excluding hydrogens is 297 g/mol. The summed E-state index contributed by atoms with van der Waals surface area (Å²) in [6.07, 6.45) is 0. The van der Waals surface area contributed by atoms with Crippen LogP contribution < -0.4 is 4.72 Å². The summed E-state index contributed by atoms with van der Waals surface area (Å²) in [4.78, 5) is 0. The molecule has 0 heterocycles. The highest BCUT2D eigenvalue weighted by Crippen LogP contribution is 2.25. The van der Waals surface area contributed by atoms with Crippen LogP contribution in [-0.2, 0) is 11.0 Å². The highest BCUT2D eigenvalue weighted by molar-refractivity contribution is 7.84. The van der Waals surface area contributed by atoms with Gasteiger partial charge in [-0.25, -0.2) is 13.3 Å². The van der Waals surface area contributed by atoms with Gasteiger partial charge in [-0.2, -0.15) is 0 Å². The highest BCUT2D eigenvalue weighted by Gasteiger charge is 2.24. The van der Waals surface area contributed by atoms with Crippen LogP contribution in [0.3, 0.4) is 0 Å². The molecule has 0 bridgehead atoms. The van der Waals surface area contributed by atoms with E-state index in [2.05, 4.69) is 4.72 Å². The van der Waals surface area contributed by atoms with E-state index in [1.807, 2.05) is 52.0 Å². The summed E-state index contributed by atoms with van der Waals surface area (Å²) >= 11 is 0. The van der Waals surface area contributed by atoms with Gasteiger partial charge in [0.15, 0.2) is 0 Å². The van der Waals surface area contributed by atoms with Crippen LogP contribution in [0.2, 0.25) is 0 Å². The van der Waals surface area contributed by atoms with E-state index in [0.29, 0.717) is 0 Å². The van der Waals surface area contributed by atoms with Gasteiger partial charge < -0.3 is 0 Å². The van der Waals surface area contributed by atoms with Gasteiger partial charge in [0.25, 0.3) is 0 Å². The molecule has 1 unspecified atom stereocenters. The van der Waals surface area contributed by atoms with Crippen LogP contribution in [0.1, 0.15) is 43.5 Å². The molecule has 1 N–H and O–H groups in total. The Morgan fingerprint density at radius 2 is 1.41 bits per heavy atom. The molecule has 0 aliphatic heterocycles. The zero-order valence-corrected chi connectivity index (χ0v) is 14.2. The fraction of sp³-hybridized carbons (Fsp3) is 0.333. The van der Waals surface area contributed by atoms with E-state index < -0.39 is 11.0 Å². The van der Waals surface area contributed by atoms with Gasteiger partial charge in [0.05, 0.1) is 21.8 Å². The van der Waals surface area contributed by atoms with Gasteiger partial charge in [-0.1, -0.05) is 42.0 Å². The first-order chi connectivity index (χ1) is 10.3. The van der Waals surface area contributed by atoms with Crippen molar-refractivity contribution in [2.24, 2.45) is 0 Å². The summed E-state index contributed by atoms with van der Waals surface area (Å²) in [5.41, 5.74) is 3.07. The zero-order chi connectivity index (χ0) is 16.3. The van der Waals surface area contributed by atoms with Gasteiger partial charge >= 0.3 is 0 Å². The van der Waals surface area contributed by atoms with Gasteiger partial charge in [-0.3, -0.25) is 0 Å². The van der Waals surface area contributed by atoms with Gasteiger partial charge in [-0.15, -0.1) is 0 Å². The van der Waals surface area contributed by atoms with Crippen LogP contribution in [0.5, 0.6) is 0 Å². The van der Waals surface area contributed by atoms with E-state index in [-0.39, 0.29) is 16.6 Å². The summed E-state index contributed by atoms with van der Waals surface area (Å²) in [5, 5.41) is 0. The average Bonchev–Trinajstić information content (AvgIpc) is 2.46. The molecule has 0 aliphatic carbocycles. The molecule has 2 aromatic rings. The van der Waals surface area contributed by atoms with E-state index in [9.17, 15) is 8.60 Å². The van der Waals surface area contributed by atoms with Crippen LogP contribution in [-0.4, -0.2) is 8.96 Å². The van der Waals surface area contributed by atoms with E-state index >= 15 is 0 Å². The highest BCUT2D eigenvalue weighted by atomic mass is 32.2. The smallest absolute Gasteiger partial charge is 0.123 e. The fourth-order valence-corrected chi connectivity index (χ4v) is 2.87. The zero-order valence-electron chi connectivity index (χ0n) is 13.4. The van der Waals surface area contributed by atoms with Crippen LogP contribution >= 0.6 is 0 Å². The first-order valence-electron chi connectivity index (χ1n) is 7.27. The third-order valence-electron chi connectivity index (χ3n) is 3.40. The molecule has 0 amide bonds. The molecule has 22 heavy (non-hydrogen) atoms.